The highest BCUT2D eigenvalue weighted by Crippen LogP contribution is 2.18. The van der Waals surface area contributed by atoms with Gasteiger partial charge in [0, 0.05) is 25.7 Å². The molecule has 1 aromatic rings. The van der Waals surface area contributed by atoms with Crippen molar-refractivity contribution in [3.05, 3.63) is 35.6 Å². The summed E-state index contributed by atoms with van der Waals surface area (Å²) >= 11 is 0. The van der Waals surface area contributed by atoms with Crippen LogP contribution in [0.3, 0.4) is 0 Å². The molecule has 0 bridgehead atoms. The van der Waals surface area contributed by atoms with Crippen LogP contribution in [0.1, 0.15) is 31.2 Å². The van der Waals surface area contributed by atoms with Gasteiger partial charge in [-0.05, 0) is 76.6 Å². The van der Waals surface area contributed by atoms with Gasteiger partial charge in [-0.1, -0.05) is 12.1 Å². The second kappa shape index (κ2) is 8.22. The van der Waals surface area contributed by atoms with Crippen molar-refractivity contribution < 1.29 is 4.39 Å². The number of nitrogens with zero attached hydrogens (tertiary/aromatic N) is 3. The molecule has 0 spiro atoms. The fourth-order valence-electron chi connectivity index (χ4n) is 3.98. The van der Waals surface area contributed by atoms with Gasteiger partial charge < -0.3 is 9.80 Å². The van der Waals surface area contributed by atoms with Crippen LogP contribution in [0.15, 0.2) is 24.3 Å². The Bertz CT molecular complexity index is 493. The molecule has 1 atom stereocenters. The SMILES string of the molecule is CN1CCCC1CCN1CCCN(Cc2cccc(F)c2)CC1. The fraction of sp³-hybridized carbons (Fsp3) is 0.684. The van der Waals surface area contributed by atoms with E-state index in [0.29, 0.717) is 0 Å². The molecule has 3 nitrogen and oxygen atoms in total. The molecule has 0 N–H and O–H groups in total. The predicted octanol–water partition coefficient (Wildman–Crippen LogP) is 2.82. The van der Waals surface area contributed by atoms with E-state index in [0.717, 1.165) is 37.8 Å². The summed E-state index contributed by atoms with van der Waals surface area (Å²) in [5.74, 6) is -0.125. The summed E-state index contributed by atoms with van der Waals surface area (Å²) in [6.07, 6.45) is 5.26. The van der Waals surface area contributed by atoms with Gasteiger partial charge in [-0.2, -0.15) is 0 Å². The summed E-state index contributed by atoms with van der Waals surface area (Å²) in [4.78, 5) is 7.61. The molecule has 0 saturated carbocycles. The smallest absolute Gasteiger partial charge is 0.123 e. The molecule has 2 aliphatic rings. The quantitative estimate of drug-likeness (QED) is 0.826. The minimum atomic E-state index is -0.125. The van der Waals surface area contributed by atoms with E-state index in [4.69, 9.17) is 0 Å². The molecule has 4 heteroatoms. The summed E-state index contributed by atoms with van der Waals surface area (Å²) in [5.41, 5.74) is 1.09. The average Bonchev–Trinajstić information content (AvgIpc) is 2.81. The molecule has 0 aromatic heterocycles. The van der Waals surface area contributed by atoms with E-state index in [-0.39, 0.29) is 5.82 Å². The first-order valence-electron chi connectivity index (χ1n) is 9.10. The molecule has 2 heterocycles. The van der Waals surface area contributed by atoms with Gasteiger partial charge in [0.25, 0.3) is 0 Å². The molecule has 128 valence electrons. The van der Waals surface area contributed by atoms with Crippen molar-refractivity contribution in [3.63, 3.8) is 0 Å². The van der Waals surface area contributed by atoms with Gasteiger partial charge in [-0.3, -0.25) is 4.90 Å². The lowest BCUT2D eigenvalue weighted by atomic mass is 10.1. The van der Waals surface area contributed by atoms with Crippen LogP contribution in [-0.4, -0.2) is 67.1 Å². The number of rotatable bonds is 5. The van der Waals surface area contributed by atoms with Crippen LogP contribution in [0, 0.1) is 5.82 Å². The maximum atomic E-state index is 13.3. The third-order valence-corrected chi connectivity index (χ3v) is 5.43. The van der Waals surface area contributed by atoms with Crippen molar-refractivity contribution in [2.75, 3.05) is 46.3 Å². The number of benzene rings is 1. The predicted molar refractivity (Wildman–Crippen MR) is 93.0 cm³/mol. The van der Waals surface area contributed by atoms with Crippen molar-refractivity contribution in [1.82, 2.24) is 14.7 Å². The van der Waals surface area contributed by atoms with Gasteiger partial charge in [0.15, 0.2) is 0 Å². The number of halogens is 1. The fourth-order valence-corrected chi connectivity index (χ4v) is 3.98. The highest BCUT2D eigenvalue weighted by Gasteiger charge is 2.22. The van der Waals surface area contributed by atoms with Crippen LogP contribution in [0.2, 0.25) is 0 Å². The summed E-state index contributed by atoms with van der Waals surface area (Å²) in [7, 11) is 2.26. The summed E-state index contributed by atoms with van der Waals surface area (Å²) in [5, 5.41) is 0. The van der Waals surface area contributed by atoms with Crippen LogP contribution < -0.4 is 0 Å². The van der Waals surface area contributed by atoms with E-state index < -0.39 is 0 Å². The van der Waals surface area contributed by atoms with Crippen LogP contribution in [-0.2, 0) is 6.54 Å². The third kappa shape index (κ3) is 5.00. The summed E-state index contributed by atoms with van der Waals surface area (Å²) in [6.45, 7) is 7.93. The van der Waals surface area contributed by atoms with E-state index in [9.17, 15) is 4.39 Å². The molecule has 1 aromatic carbocycles. The van der Waals surface area contributed by atoms with Gasteiger partial charge in [-0.15, -0.1) is 0 Å². The standard InChI is InChI=1S/C19H30FN3/c1-21-9-3-7-19(21)8-12-22-10-4-11-23(14-13-22)16-17-5-2-6-18(20)15-17/h2,5-6,15,19H,3-4,7-14,16H2,1H3. The van der Waals surface area contributed by atoms with E-state index >= 15 is 0 Å². The Balaban J connectivity index is 1.43. The first-order chi connectivity index (χ1) is 11.2. The van der Waals surface area contributed by atoms with Crippen molar-refractivity contribution in [2.24, 2.45) is 0 Å². The Morgan fingerprint density at radius 2 is 1.87 bits per heavy atom. The number of hydrogen-bond donors (Lipinski definition) is 0. The Kier molecular flexibility index (Phi) is 6.03. The number of hydrogen-bond acceptors (Lipinski definition) is 3. The molecule has 2 saturated heterocycles. The summed E-state index contributed by atoms with van der Waals surface area (Å²) < 4.78 is 13.3. The Labute approximate surface area is 140 Å². The summed E-state index contributed by atoms with van der Waals surface area (Å²) in [6, 6.07) is 7.82. The lowest BCUT2D eigenvalue weighted by Crippen LogP contribution is -2.34. The van der Waals surface area contributed by atoms with Crippen molar-refractivity contribution >= 4 is 0 Å². The van der Waals surface area contributed by atoms with E-state index in [1.165, 1.54) is 51.4 Å². The van der Waals surface area contributed by atoms with Crippen molar-refractivity contribution in [2.45, 2.75) is 38.3 Å². The Morgan fingerprint density at radius 1 is 1.04 bits per heavy atom. The second-order valence-corrected chi connectivity index (χ2v) is 7.17. The van der Waals surface area contributed by atoms with Crippen LogP contribution in [0.4, 0.5) is 4.39 Å². The molecule has 1 unspecified atom stereocenters. The lowest BCUT2D eigenvalue weighted by Gasteiger charge is -2.25. The zero-order valence-electron chi connectivity index (χ0n) is 14.4. The molecule has 23 heavy (non-hydrogen) atoms. The van der Waals surface area contributed by atoms with E-state index in [1.807, 2.05) is 12.1 Å². The maximum absolute atomic E-state index is 13.3. The second-order valence-electron chi connectivity index (χ2n) is 7.17. The highest BCUT2D eigenvalue weighted by molar-refractivity contribution is 5.16. The number of likely N-dealkylation sites (tertiary alicyclic amines) is 1. The molecule has 3 rings (SSSR count). The van der Waals surface area contributed by atoms with Crippen molar-refractivity contribution in [1.29, 1.82) is 0 Å². The average molecular weight is 319 g/mol. The zero-order chi connectivity index (χ0) is 16.1. The molecular weight excluding hydrogens is 289 g/mol. The third-order valence-electron chi connectivity index (χ3n) is 5.43. The first-order valence-corrected chi connectivity index (χ1v) is 9.10. The van der Waals surface area contributed by atoms with Crippen molar-refractivity contribution in [3.8, 4) is 0 Å². The van der Waals surface area contributed by atoms with Crippen LogP contribution >= 0.6 is 0 Å². The molecule has 2 fully saturated rings. The van der Waals surface area contributed by atoms with Gasteiger partial charge in [-0.25, -0.2) is 4.39 Å². The molecule has 0 radical (unpaired) electrons. The Morgan fingerprint density at radius 3 is 2.65 bits per heavy atom. The van der Waals surface area contributed by atoms with Gasteiger partial charge >= 0.3 is 0 Å². The first kappa shape index (κ1) is 16.9. The maximum Gasteiger partial charge on any atom is 0.123 e. The van der Waals surface area contributed by atoms with Gasteiger partial charge in [0.1, 0.15) is 5.82 Å². The molecular formula is C19H30FN3. The topological polar surface area (TPSA) is 9.72 Å². The van der Waals surface area contributed by atoms with E-state index in [1.54, 1.807) is 6.07 Å². The van der Waals surface area contributed by atoms with Gasteiger partial charge in [0.2, 0.25) is 0 Å². The minimum absolute atomic E-state index is 0.125. The normalized spacial score (nSPS) is 24.9. The molecule has 0 amide bonds. The molecule has 2 aliphatic heterocycles. The van der Waals surface area contributed by atoms with Gasteiger partial charge in [0.05, 0.1) is 0 Å². The van der Waals surface area contributed by atoms with E-state index in [2.05, 4.69) is 21.7 Å². The largest absolute Gasteiger partial charge is 0.303 e. The minimum Gasteiger partial charge on any atom is -0.303 e. The Hall–Kier alpha value is -0.970. The van der Waals surface area contributed by atoms with Crippen LogP contribution in [0.5, 0.6) is 0 Å². The lowest BCUT2D eigenvalue weighted by molar-refractivity contribution is 0.220. The van der Waals surface area contributed by atoms with Crippen LogP contribution in [0.25, 0.3) is 0 Å². The highest BCUT2D eigenvalue weighted by atomic mass is 19.1. The monoisotopic (exact) mass is 319 g/mol. The molecule has 0 aliphatic carbocycles. The zero-order valence-corrected chi connectivity index (χ0v) is 14.4.